The Morgan fingerprint density at radius 3 is 2.43 bits per heavy atom. The van der Waals surface area contributed by atoms with Crippen LogP contribution in [0.2, 0.25) is 0 Å². The summed E-state index contributed by atoms with van der Waals surface area (Å²) in [5.74, 6) is 3.48. The zero-order chi connectivity index (χ0) is 18.8. The normalized spacial score (nSPS) is 12.0. The number of hydrogen-bond donors (Lipinski definition) is 0. The van der Waals surface area contributed by atoms with E-state index in [-0.39, 0.29) is 6.79 Å². The Morgan fingerprint density at radius 2 is 1.61 bits per heavy atom. The van der Waals surface area contributed by atoms with E-state index in [9.17, 15) is 0 Å². The van der Waals surface area contributed by atoms with Crippen molar-refractivity contribution in [2.75, 3.05) is 6.79 Å². The Kier molecular flexibility index (Phi) is 4.02. The minimum Gasteiger partial charge on any atom is -0.454 e. The Balaban J connectivity index is 1.34. The number of imidazole rings is 1. The van der Waals surface area contributed by atoms with Crippen molar-refractivity contribution in [2.45, 2.75) is 0 Å². The summed E-state index contributed by atoms with van der Waals surface area (Å²) < 4.78 is 24.3. The molecule has 28 heavy (non-hydrogen) atoms. The molecule has 0 N–H and O–H groups in total. The van der Waals surface area contributed by atoms with Gasteiger partial charge in [0.25, 0.3) is 0 Å². The van der Waals surface area contributed by atoms with E-state index in [1.54, 1.807) is 42.9 Å². The first-order chi connectivity index (χ1) is 13.8. The van der Waals surface area contributed by atoms with Crippen molar-refractivity contribution >= 4 is 0 Å². The number of ether oxygens (including phenoxy) is 4. The summed E-state index contributed by atoms with van der Waals surface area (Å²) in [5, 5.41) is 0. The first-order valence-electron chi connectivity index (χ1n) is 8.64. The molecule has 0 radical (unpaired) electrons. The predicted molar refractivity (Wildman–Crippen MR) is 101 cm³/mol. The Bertz CT molecular complexity index is 1110. The summed E-state index contributed by atoms with van der Waals surface area (Å²) in [5.41, 5.74) is 0.947. The second-order valence-electron chi connectivity index (χ2n) is 6.00. The average molecular weight is 373 g/mol. The van der Waals surface area contributed by atoms with Gasteiger partial charge in [-0.1, -0.05) is 12.1 Å². The number of rotatable bonds is 5. The van der Waals surface area contributed by atoms with Crippen LogP contribution in [-0.4, -0.2) is 21.3 Å². The van der Waals surface area contributed by atoms with Gasteiger partial charge in [0.15, 0.2) is 11.5 Å². The SMILES string of the molecule is c1cc(Oc2cccc(Oc3ccc4c(c3)OCO4)n2)cc(-n2ccnc2)c1. The van der Waals surface area contributed by atoms with Gasteiger partial charge in [-0.2, -0.15) is 4.98 Å². The average Bonchev–Trinajstić information content (AvgIpc) is 3.40. The van der Waals surface area contributed by atoms with Crippen molar-refractivity contribution in [1.29, 1.82) is 0 Å². The van der Waals surface area contributed by atoms with Crippen LogP contribution in [0.15, 0.2) is 79.4 Å². The second-order valence-corrected chi connectivity index (χ2v) is 6.00. The molecule has 0 bridgehead atoms. The fraction of sp³-hybridized carbons (Fsp3) is 0.0476. The molecule has 0 amide bonds. The Labute approximate surface area is 160 Å². The van der Waals surface area contributed by atoms with Crippen molar-refractivity contribution < 1.29 is 18.9 Å². The summed E-state index contributed by atoms with van der Waals surface area (Å²) in [6, 6.07) is 18.4. The van der Waals surface area contributed by atoms with Crippen molar-refractivity contribution in [2.24, 2.45) is 0 Å². The molecule has 1 aliphatic rings. The minimum absolute atomic E-state index is 0.221. The fourth-order valence-electron chi connectivity index (χ4n) is 2.81. The standard InChI is InChI=1S/C21H15N3O4/c1-3-15(24-10-9-22-13-24)11-16(4-1)27-20-5-2-6-21(23-20)28-17-7-8-18-19(12-17)26-14-25-18/h1-13H,14H2. The number of nitrogens with zero attached hydrogens (tertiary/aromatic N) is 3. The minimum atomic E-state index is 0.221. The van der Waals surface area contributed by atoms with Crippen molar-refractivity contribution in [3.05, 3.63) is 79.4 Å². The van der Waals surface area contributed by atoms with Crippen LogP contribution in [0.1, 0.15) is 0 Å². The number of hydrogen-bond acceptors (Lipinski definition) is 6. The molecule has 0 atom stereocenters. The lowest BCUT2D eigenvalue weighted by atomic mass is 10.3. The smallest absolute Gasteiger partial charge is 0.231 e. The first kappa shape index (κ1) is 16.2. The molecule has 5 rings (SSSR count). The summed E-state index contributed by atoms with van der Waals surface area (Å²) in [6.07, 6.45) is 5.33. The second kappa shape index (κ2) is 6.96. The largest absolute Gasteiger partial charge is 0.454 e. The Morgan fingerprint density at radius 1 is 0.821 bits per heavy atom. The molecule has 7 heteroatoms. The van der Waals surface area contributed by atoms with E-state index in [1.165, 1.54) is 0 Å². The van der Waals surface area contributed by atoms with Gasteiger partial charge >= 0.3 is 0 Å². The summed E-state index contributed by atoms with van der Waals surface area (Å²) in [6.45, 7) is 0.221. The van der Waals surface area contributed by atoms with Gasteiger partial charge in [-0.3, -0.25) is 0 Å². The van der Waals surface area contributed by atoms with Gasteiger partial charge in [-0.15, -0.1) is 0 Å². The van der Waals surface area contributed by atoms with Gasteiger partial charge in [0, 0.05) is 36.7 Å². The predicted octanol–water partition coefficient (Wildman–Crippen LogP) is 4.58. The van der Waals surface area contributed by atoms with Crippen LogP contribution in [-0.2, 0) is 0 Å². The van der Waals surface area contributed by atoms with E-state index in [4.69, 9.17) is 18.9 Å². The van der Waals surface area contributed by atoms with E-state index in [2.05, 4.69) is 9.97 Å². The molecule has 2 aromatic heterocycles. The van der Waals surface area contributed by atoms with Gasteiger partial charge in [-0.05, 0) is 24.3 Å². The van der Waals surface area contributed by atoms with Crippen LogP contribution in [0.5, 0.6) is 34.8 Å². The maximum Gasteiger partial charge on any atom is 0.231 e. The van der Waals surface area contributed by atoms with Gasteiger partial charge in [0.2, 0.25) is 18.6 Å². The quantitative estimate of drug-likeness (QED) is 0.510. The molecule has 2 aromatic carbocycles. The molecular weight excluding hydrogens is 358 g/mol. The summed E-state index contributed by atoms with van der Waals surface area (Å²) in [4.78, 5) is 8.48. The zero-order valence-electron chi connectivity index (χ0n) is 14.7. The Hall–Kier alpha value is -4.00. The molecule has 0 unspecified atom stereocenters. The van der Waals surface area contributed by atoms with Crippen molar-refractivity contribution in [1.82, 2.24) is 14.5 Å². The number of benzene rings is 2. The van der Waals surface area contributed by atoms with Crippen LogP contribution in [0.4, 0.5) is 0 Å². The van der Waals surface area contributed by atoms with Crippen LogP contribution in [0.25, 0.3) is 5.69 Å². The van der Waals surface area contributed by atoms with Crippen LogP contribution in [0.3, 0.4) is 0 Å². The molecule has 1 aliphatic heterocycles. The van der Waals surface area contributed by atoms with E-state index in [1.807, 2.05) is 41.1 Å². The monoisotopic (exact) mass is 373 g/mol. The van der Waals surface area contributed by atoms with E-state index in [0.29, 0.717) is 34.8 Å². The molecule has 7 nitrogen and oxygen atoms in total. The number of pyridine rings is 1. The highest BCUT2D eigenvalue weighted by Crippen LogP contribution is 2.36. The lowest BCUT2D eigenvalue weighted by Crippen LogP contribution is -1.94. The highest BCUT2D eigenvalue weighted by Gasteiger charge is 2.14. The van der Waals surface area contributed by atoms with Crippen molar-refractivity contribution in [3.63, 3.8) is 0 Å². The van der Waals surface area contributed by atoms with Crippen LogP contribution >= 0.6 is 0 Å². The summed E-state index contributed by atoms with van der Waals surface area (Å²) >= 11 is 0. The number of aromatic nitrogens is 3. The van der Waals surface area contributed by atoms with E-state index in [0.717, 1.165) is 5.69 Å². The van der Waals surface area contributed by atoms with E-state index < -0.39 is 0 Å². The van der Waals surface area contributed by atoms with E-state index >= 15 is 0 Å². The molecule has 0 spiro atoms. The molecule has 3 heterocycles. The van der Waals surface area contributed by atoms with Crippen LogP contribution < -0.4 is 18.9 Å². The first-order valence-corrected chi connectivity index (χ1v) is 8.64. The van der Waals surface area contributed by atoms with Gasteiger partial charge in [-0.25, -0.2) is 4.98 Å². The maximum absolute atomic E-state index is 5.90. The van der Waals surface area contributed by atoms with Crippen molar-refractivity contribution in [3.8, 4) is 40.4 Å². The molecule has 0 fully saturated rings. The third-order valence-corrected chi connectivity index (χ3v) is 4.11. The molecule has 0 aliphatic carbocycles. The molecular formula is C21H15N3O4. The fourth-order valence-corrected chi connectivity index (χ4v) is 2.81. The third kappa shape index (κ3) is 3.33. The summed E-state index contributed by atoms with van der Waals surface area (Å²) in [7, 11) is 0. The lowest BCUT2D eigenvalue weighted by Gasteiger charge is -2.09. The third-order valence-electron chi connectivity index (χ3n) is 4.11. The number of fused-ring (bicyclic) bond motifs is 1. The highest BCUT2D eigenvalue weighted by molar-refractivity contribution is 5.48. The maximum atomic E-state index is 5.90. The molecule has 0 saturated carbocycles. The zero-order valence-corrected chi connectivity index (χ0v) is 14.7. The van der Waals surface area contributed by atoms with Gasteiger partial charge < -0.3 is 23.5 Å². The molecule has 4 aromatic rings. The molecule has 0 saturated heterocycles. The lowest BCUT2D eigenvalue weighted by molar-refractivity contribution is 0.174. The van der Waals surface area contributed by atoms with Crippen LogP contribution in [0, 0.1) is 0 Å². The highest BCUT2D eigenvalue weighted by atomic mass is 16.7. The van der Waals surface area contributed by atoms with Gasteiger partial charge in [0.05, 0.1) is 12.0 Å². The van der Waals surface area contributed by atoms with Gasteiger partial charge in [0.1, 0.15) is 11.5 Å². The topological polar surface area (TPSA) is 67.6 Å². The molecule has 138 valence electrons.